The summed E-state index contributed by atoms with van der Waals surface area (Å²) in [6.45, 7) is 1.28. The van der Waals surface area contributed by atoms with E-state index < -0.39 is 11.2 Å². The number of fused-ring (bicyclic) bond motifs is 3. The molecule has 0 bridgehead atoms. The summed E-state index contributed by atoms with van der Waals surface area (Å²) in [5, 5.41) is 8.02. The molecule has 2 atom stereocenters. The quantitative estimate of drug-likeness (QED) is 0.633. The second-order valence-electron chi connectivity index (χ2n) is 6.39. The molecule has 2 aromatic rings. The fraction of sp³-hybridized carbons (Fsp3) is 0.533. The Morgan fingerprint density at radius 1 is 1.28 bits per heavy atom. The summed E-state index contributed by atoms with van der Waals surface area (Å²) >= 11 is 0. The summed E-state index contributed by atoms with van der Waals surface area (Å²) in [5.74, 6) is -0.344. The van der Waals surface area contributed by atoms with Gasteiger partial charge in [0.1, 0.15) is 5.69 Å². The smallest absolute Gasteiger partial charge is 0.331 e. The van der Waals surface area contributed by atoms with Gasteiger partial charge < -0.3 is 9.64 Å². The highest BCUT2D eigenvalue weighted by Crippen LogP contribution is 2.30. The molecule has 0 aromatic carbocycles. The molecule has 1 amide bonds. The van der Waals surface area contributed by atoms with E-state index in [1.165, 1.54) is 24.7 Å². The number of ether oxygens (including phenoxy) is 1. The van der Waals surface area contributed by atoms with E-state index in [4.69, 9.17) is 4.74 Å². The van der Waals surface area contributed by atoms with Crippen LogP contribution in [0.4, 0.5) is 0 Å². The predicted octanol–water partition coefficient (Wildman–Crippen LogP) is -1.34. The maximum Gasteiger partial charge on any atom is 0.331 e. The lowest BCUT2D eigenvalue weighted by molar-refractivity contribution is -0.0629. The second kappa shape index (κ2) is 5.66. The van der Waals surface area contributed by atoms with Crippen LogP contribution in [0.15, 0.2) is 21.9 Å². The number of aromatic nitrogens is 5. The van der Waals surface area contributed by atoms with Crippen molar-refractivity contribution in [2.45, 2.75) is 25.2 Å². The first-order valence-electron chi connectivity index (χ1n) is 8.04. The van der Waals surface area contributed by atoms with Crippen LogP contribution < -0.4 is 11.2 Å². The molecule has 2 aromatic heterocycles. The highest BCUT2D eigenvalue weighted by atomic mass is 16.5. The standard InChI is InChI=1S/C15H18N6O4/c1-18-11(5-13(22)19(2)15(18)24)14(23)20-4-3-10-12(7-20)25-8-9-6-16-17-21(9)10/h5-6,10,12H,3-4,7-8H2,1-2H3/t10-,12-/m0/s1. The molecule has 2 aliphatic heterocycles. The zero-order valence-electron chi connectivity index (χ0n) is 14.0. The molecule has 10 heteroatoms. The number of rotatable bonds is 1. The first-order chi connectivity index (χ1) is 12.0. The Hall–Kier alpha value is -2.75. The van der Waals surface area contributed by atoms with E-state index in [0.717, 1.165) is 10.3 Å². The highest BCUT2D eigenvalue weighted by molar-refractivity contribution is 5.92. The Labute approximate surface area is 142 Å². The van der Waals surface area contributed by atoms with Crippen molar-refractivity contribution in [3.8, 4) is 0 Å². The first kappa shape index (κ1) is 15.8. The van der Waals surface area contributed by atoms with Gasteiger partial charge >= 0.3 is 5.69 Å². The molecule has 25 heavy (non-hydrogen) atoms. The lowest BCUT2D eigenvalue weighted by Gasteiger charge is -2.41. The molecule has 132 valence electrons. The average molecular weight is 346 g/mol. The van der Waals surface area contributed by atoms with Crippen molar-refractivity contribution in [1.82, 2.24) is 29.0 Å². The summed E-state index contributed by atoms with van der Waals surface area (Å²) in [6.07, 6.45) is 2.17. The number of carbonyl (C=O) groups excluding carboxylic acids is 1. The maximum atomic E-state index is 12.8. The molecule has 0 N–H and O–H groups in total. The molecule has 0 unspecified atom stereocenters. The van der Waals surface area contributed by atoms with Crippen LogP contribution in [0, 0.1) is 0 Å². The number of hydrogen-bond donors (Lipinski definition) is 0. The third-order valence-corrected chi connectivity index (χ3v) is 4.97. The van der Waals surface area contributed by atoms with E-state index in [-0.39, 0.29) is 23.7 Å². The molecular weight excluding hydrogens is 328 g/mol. The summed E-state index contributed by atoms with van der Waals surface area (Å²) in [7, 11) is 2.87. The van der Waals surface area contributed by atoms with Gasteiger partial charge in [0.05, 0.1) is 30.6 Å². The van der Waals surface area contributed by atoms with Gasteiger partial charge in [-0.25, -0.2) is 9.48 Å². The largest absolute Gasteiger partial charge is 0.368 e. The minimum Gasteiger partial charge on any atom is -0.368 e. The lowest BCUT2D eigenvalue weighted by Crippen LogP contribution is -2.51. The molecule has 4 heterocycles. The van der Waals surface area contributed by atoms with Crippen LogP contribution in [0.2, 0.25) is 0 Å². The zero-order valence-corrected chi connectivity index (χ0v) is 14.0. The van der Waals surface area contributed by atoms with E-state index in [1.54, 1.807) is 11.1 Å². The Morgan fingerprint density at radius 3 is 2.88 bits per heavy atom. The average Bonchev–Trinajstić information content (AvgIpc) is 3.11. The number of likely N-dealkylation sites (tertiary alicyclic amines) is 1. The topological polar surface area (TPSA) is 104 Å². The fourth-order valence-electron chi connectivity index (χ4n) is 3.47. The molecule has 1 saturated heterocycles. The number of nitrogens with zero attached hydrogens (tertiary/aromatic N) is 6. The van der Waals surface area contributed by atoms with E-state index in [1.807, 2.05) is 4.68 Å². The van der Waals surface area contributed by atoms with Gasteiger partial charge in [0.25, 0.3) is 11.5 Å². The lowest BCUT2D eigenvalue weighted by atomic mass is 10.00. The van der Waals surface area contributed by atoms with Gasteiger partial charge in [-0.05, 0) is 6.42 Å². The van der Waals surface area contributed by atoms with Crippen molar-refractivity contribution < 1.29 is 9.53 Å². The van der Waals surface area contributed by atoms with Crippen molar-refractivity contribution in [3.63, 3.8) is 0 Å². The maximum absolute atomic E-state index is 12.8. The molecule has 0 aliphatic carbocycles. The SMILES string of the molecule is Cn1c(C(=O)N2CC[C@H]3[C@H](C2)OCc2cnnn23)cc(=O)n(C)c1=O. The van der Waals surface area contributed by atoms with Gasteiger partial charge in [0, 0.05) is 33.3 Å². The summed E-state index contributed by atoms with van der Waals surface area (Å²) in [4.78, 5) is 38.4. The first-order valence-corrected chi connectivity index (χ1v) is 8.04. The van der Waals surface area contributed by atoms with Crippen LogP contribution in [0.25, 0.3) is 0 Å². The monoisotopic (exact) mass is 346 g/mol. The van der Waals surface area contributed by atoms with E-state index >= 15 is 0 Å². The fourth-order valence-corrected chi connectivity index (χ4v) is 3.47. The summed E-state index contributed by atoms with van der Waals surface area (Å²) < 4.78 is 9.89. The summed E-state index contributed by atoms with van der Waals surface area (Å²) in [5.41, 5.74) is -0.00629. The van der Waals surface area contributed by atoms with Crippen LogP contribution in [0.1, 0.15) is 28.6 Å². The van der Waals surface area contributed by atoms with Crippen molar-refractivity contribution in [2.75, 3.05) is 13.1 Å². The Balaban J connectivity index is 1.60. The van der Waals surface area contributed by atoms with Crippen molar-refractivity contribution >= 4 is 5.91 Å². The van der Waals surface area contributed by atoms with Crippen LogP contribution in [0.5, 0.6) is 0 Å². The van der Waals surface area contributed by atoms with Crippen LogP contribution in [-0.4, -0.2) is 54.1 Å². The molecule has 10 nitrogen and oxygen atoms in total. The van der Waals surface area contributed by atoms with Gasteiger partial charge in [0.15, 0.2) is 0 Å². The minimum absolute atomic E-state index is 0.0442. The molecule has 4 rings (SSSR count). The molecule has 0 spiro atoms. The van der Waals surface area contributed by atoms with Gasteiger partial charge in [-0.1, -0.05) is 5.21 Å². The normalized spacial score (nSPS) is 22.4. The Kier molecular flexibility index (Phi) is 3.57. The number of piperidine rings is 1. The van der Waals surface area contributed by atoms with Gasteiger partial charge in [-0.3, -0.25) is 18.7 Å². The summed E-state index contributed by atoms with van der Waals surface area (Å²) in [6, 6.07) is 1.25. The van der Waals surface area contributed by atoms with Crippen LogP contribution in [0.3, 0.4) is 0 Å². The molecule has 0 saturated carbocycles. The van der Waals surface area contributed by atoms with Gasteiger partial charge in [0.2, 0.25) is 0 Å². The van der Waals surface area contributed by atoms with E-state index in [2.05, 4.69) is 10.3 Å². The third-order valence-electron chi connectivity index (χ3n) is 4.97. The van der Waals surface area contributed by atoms with Crippen LogP contribution >= 0.6 is 0 Å². The Morgan fingerprint density at radius 2 is 2.08 bits per heavy atom. The number of hydrogen-bond acceptors (Lipinski definition) is 6. The van der Waals surface area contributed by atoms with E-state index in [0.29, 0.717) is 26.1 Å². The third kappa shape index (κ3) is 2.40. The minimum atomic E-state index is -0.521. The molecule has 0 radical (unpaired) electrons. The molecular formula is C15H18N6O4. The van der Waals surface area contributed by atoms with Crippen molar-refractivity contribution in [1.29, 1.82) is 0 Å². The Bertz CT molecular complexity index is 958. The predicted molar refractivity (Wildman–Crippen MR) is 85.1 cm³/mol. The van der Waals surface area contributed by atoms with Gasteiger partial charge in [-0.15, -0.1) is 5.10 Å². The molecule has 2 aliphatic rings. The van der Waals surface area contributed by atoms with Crippen molar-refractivity contribution in [3.05, 3.63) is 44.5 Å². The highest BCUT2D eigenvalue weighted by Gasteiger charge is 2.38. The van der Waals surface area contributed by atoms with Gasteiger partial charge in [-0.2, -0.15) is 0 Å². The number of carbonyl (C=O) groups is 1. The zero-order chi connectivity index (χ0) is 17.7. The van der Waals surface area contributed by atoms with Crippen LogP contribution in [-0.2, 0) is 25.4 Å². The van der Waals surface area contributed by atoms with Crippen molar-refractivity contribution in [2.24, 2.45) is 14.1 Å². The number of amides is 1. The molecule has 1 fully saturated rings. The second-order valence-corrected chi connectivity index (χ2v) is 6.39. The van der Waals surface area contributed by atoms with E-state index in [9.17, 15) is 14.4 Å².